The summed E-state index contributed by atoms with van der Waals surface area (Å²) < 4.78 is 0. The third-order valence-electron chi connectivity index (χ3n) is 12.0. The van der Waals surface area contributed by atoms with Gasteiger partial charge in [0.15, 0.2) is 34.9 Å². The first-order chi connectivity index (χ1) is 30.2. The van der Waals surface area contributed by atoms with E-state index in [0.29, 0.717) is 34.9 Å². The normalized spacial score (nSPS) is 12.7. The van der Waals surface area contributed by atoms with E-state index in [0.717, 1.165) is 33.4 Å². The van der Waals surface area contributed by atoms with Crippen LogP contribution in [0.2, 0.25) is 0 Å². The minimum Gasteiger partial charge on any atom is -0.208 e. The number of benzene rings is 8. The smallest absolute Gasteiger partial charge is 0.164 e. The van der Waals surface area contributed by atoms with Crippen LogP contribution in [0.3, 0.4) is 0 Å². The number of nitrogens with zero attached hydrogens (tertiary/aromatic N) is 6. The molecule has 2 aliphatic rings. The third kappa shape index (κ3) is 5.57. The van der Waals surface area contributed by atoms with Gasteiger partial charge in [0.05, 0.1) is 5.41 Å². The van der Waals surface area contributed by atoms with Crippen molar-refractivity contribution in [1.82, 2.24) is 29.9 Å². The van der Waals surface area contributed by atoms with Crippen molar-refractivity contribution in [1.29, 1.82) is 0 Å². The van der Waals surface area contributed by atoms with Crippen molar-refractivity contribution in [3.05, 3.63) is 229 Å². The second-order valence-electron chi connectivity index (χ2n) is 15.4. The van der Waals surface area contributed by atoms with Gasteiger partial charge in [0.2, 0.25) is 0 Å². The molecule has 12 rings (SSSR count). The van der Waals surface area contributed by atoms with Gasteiger partial charge in [0.1, 0.15) is 0 Å². The van der Waals surface area contributed by atoms with Crippen LogP contribution in [0, 0.1) is 0 Å². The topological polar surface area (TPSA) is 77.3 Å². The molecule has 0 radical (unpaired) electrons. The van der Waals surface area contributed by atoms with E-state index in [-0.39, 0.29) is 0 Å². The molecule has 0 saturated heterocycles. The maximum Gasteiger partial charge on any atom is 0.164 e. The van der Waals surface area contributed by atoms with Crippen molar-refractivity contribution in [2.24, 2.45) is 0 Å². The molecule has 8 aromatic carbocycles. The van der Waals surface area contributed by atoms with Gasteiger partial charge in [-0.3, -0.25) is 0 Å². The molecule has 0 atom stereocenters. The molecule has 0 fully saturated rings. The lowest BCUT2D eigenvalue weighted by atomic mass is 9.70. The highest BCUT2D eigenvalue weighted by Gasteiger charge is 2.52. The summed E-state index contributed by atoms with van der Waals surface area (Å²) in [6.45, 7) is 0. The van der Waals surface area contributed by atoms with Crippen LogP contribution in [0.4, 0.5) is 0 Å². The van der Waals surface area contributed by atoms with Gasteiger partial charge in [-0.2, -0.15) is 0 Å². The Hall–Kier alpha value is -8.22. The molecular weight excluding hydrogens is 745 g/mol. The molecule has 2 aromatic heterocycles. The Balaban J connectivity index is 1.10. The van der Waals surface area contributed by atoms with Crippen molar-refractivity contribution >= 4 is 0 Å². The molecular formula is C55H34N6. The van der Waals surface area contributed by atoms with Crippen LogP contribution in [0.5, 0.6) is 0 Å². The second-order valence-corrected chi connectivity index (χ2v) is 15.4. The maximum atomic E-state index is 5.15. The summed E-state index contributed by atoms with van der Waals surface area (Å²) in [6.07, 6.45) is 0. The quantitative estimate of drug-likeness (QED) is 0.167. The number of fused-ring (bicyclic) bond motifs is 10. The zero-order valence-corrected chi connectivity index (χ0v) is 32.8. The van der Waals surface area contributed by atoms with E-state index < -0.39 is 5.41 Å². The summed E-state index contributed by atoms with van der Waals surface area (Å²) in [6, 6.07) is 71.7. The first-order valence-corrected chi connectivity index (χ1v) is 20.5. The van der Waals surface area contributed by atoms with Gasteiger partial charge >= 0.3 is 0 Å². The molecule has 0 aliphatic heterocycles. The van der Waals surface area contributed by atoms with E-state index in [1.165, 1.54) is 44.5 Å². The standard InChI is InChI=1S/C55H34N6/c1-5-17-35(18-6-1)49-56-50(36-19-7-2-8-20-36)59-53(58-49)39-29-31-43-44-32-30-40(54-60-51(37-21-9-3-10-22-37)57-52(61-54)38-23-11-4-12-24-38)34-48(44)55(47(43)33-39)45-27-15-13-25-41(45)42-26-14-16-28-46(42)55/h1-34H. The van der Waals surface area contributed by atoms with Gasteiger partial charge in [0, 0.05) is 33.4 Å². The molecule has 0 N–H and O–H groups in total. The molecule has 6 heteroatoms. The van der Waals surface area contributed by atoms with Crippen LogP contribution in [-0.2, 0) is 5.41 Å². The van der Waals surface area contributed by atoms with E-state index in [2.05, 4.69) is 84.9 Å². The molecule has 0 bridgehead atoms. The Bertz CT molecular complexity index is 2960. The molecule has 2 heterocycles. The Kier molecular flexibility index (Phi) is 7.96. The van der Waals surface area contributed by atoms with Crippen LogP contribution in [0.1, 0.15) is 22.3 Å². The van der Waals surface area contributed by atoms with Crippen LogP contribution in [0.15, 0.2) is 206 Å². The Morgan fingerprint density at radius 2 is 0.475 bits per heavy atom. The number of hydrogen-bond acceptors (Lipinski definition) is 6. The average Bonchev–Trinajstić information content (AvgIpc) is 3.81. The van der Waals surface area contributed by atoms with Crippen molar-refractivity contribution in [3.63, 3.8) is 0 Å². The van der Waals surface area contributed by atoms with E-state index in [1.54, 1.807) is 0 Å². The largest absolute Gasteiger partial charge is 0.208 e. The first kappa shape index (κ1) is 34.8. The lowest BCUT2D eigenvalue weighted by molar-refractivity contribution is 0.794. The number of hydrogen-bond donors (Lipinski definition) is 0. The lowest BCUT2D eigenvalue weighted by Gasteiger charge is -2.31. The summed E-state index contributed by atoms with van der Waals surface area (Å²) in [7, 11) is 0. The second kappa shape index (κ2) is 14.0. The average molecular weight is 779 g/mol. The maximum absolute atomic E-state index is 5.15. The molecule has 10 aromatic rings. The molecule has 0 saturated carbocycles. The monoisotopic (exact) mass is 778 g/mol. The summed E-state index contributed by atoms with van der Waals surface area (Å²) in [4.78, 5) is 30.6. The van der Waals surface area contributed by atoms with Gasteiger partial charge in [0.25, 0.3) is 0 Å². The van der Waals surface area contributed by atoms with E-state index in [4.69, 9.17) is 29.9 Å². The molecule has 2 aliphatic carbocycles. The first-order valence-electron chi connectivity index (χ1n) is 20.5. The molecule has 6 nitrogen and oxygen atoms in total. The fourth-order valence-electron chi connectivity index (χ4n) is 9.29. The van der Waals surface area contributed by atoms with Crippen molar-refractivity contribution in [2.75, 3.05) is 0 Å². The number of rotatable bonds is 6. The summed E-state index contributed by atoms with van der Waals surface area (Å²) in [5, 5.41) is 0. The zero-order valence-electron chi connectivity index (χ0n) is 32.8. The third-order valence-corrected chi connectivity index (χ3v) is 12.0. The fourth-order valence-corrected chi connectivity index (χ4v) is 9.29. The van der Waals surface area contributed by atoms with Crippen LogP contribution >= 0.6 is 0 Å². The minimum absolute atomic E-state index is 0.619. The minimum atomic E-state index is -0.640. The van der Waals surface area contributed by atoms with Crippen LogP contribution in [-0.4, -0.2) is 29.9 Å². The Morgan fingerprint density at radius 1 is 0.213 bits per heavy atom. The van der Waals surface area contributed by atoms with Gasteiger partial charge in [-0.25, -0.2) is 29.9 Å². The van der Waals surface area contributed by atoms with Gasteiger partial charge < -0.3 is 0 Å². The SMILES string of the molecule is c1ccc(-c2nc(-c3ccccc3)nc(-c3ccc4c(c3)C3(c5ccccc5-c5ccccc53)c3cc(-c5nc(-c6ccccc6)nc(-c6ccccc6)n5)ccc3-4)n2)cc1. The van der Waals surface area contributed by atoms with Crippen molar-refractivity contribution in [3.8, 4) is 90.6 Å². The lowest BCUT2D eigenvalue weighted by Crippen LogP contribution is -2.26. The van der Waals surface area contributed by atoms with E-state index in [1.807, 2.05) is 121 Å². The zero-order chi connectivity index (χ0) is 40.3. The highest BCUT2D eigenvalue weighted by Crippen LogP contribution is 2.63. The number of aromatic nitrogens is 6. The predicted molar refractivity (Wildman–Crippen MR) is 242 cm³/mol. The Labute approximate surface area is 353 Å². The molecule has 1 spiro atoms. The molecule has 0 amide bonds. The van der Waals surface area contributed by atoms with E-state index >= 15 is 0 Å². The van der Waals surface area contributed by atoms with Gasteiger partial charge in [-0.1, -0.05) is 194 Å². The van der Waals surface area contributed by atoms with Crippen molar-refractivity contribution < 1.29 is 0 Å². The predicted octanol–water partition coefficient (Wildman–Crippen LogP) is 12.4. The van der Waals surface area contributed by atoms with E-state index in [9.17, 15) is 0 Å². The molecule has 0 unspecified atom stereocenters. The summed E-state index contributed by atoms with van der Waals surface area (Å²) in [5.74, 6) is 3.76. The fraction of sp³-hybridized carbons (Fsp3) is 0.0182. The molecule has 61 heavy (non-hydrogen) atoms. The van der Waals surface area contributed by atoms with Gasteiger partial charge in [-0.05, 0) is 56.6 Å². The van der Waals surface area contributed by atoms with Gasteiger partial charge in [-0.15, -0.1) is 0 Å². The van der Waals surface area contributed by atoms with Crippen LogP contribution < -0.4 is 0 Å². The summed E-state index contributed by atoms with van der Waals surface area (Å²) in [5.41, 5.74) is 14.6. The van der Waals surface area contributed by atoms with Crippen molar-refractivity contribution in [2.45, 2.75) is 5.41 Å². The Morgan fingerprint density at radius 3 is 0.803 bits per heavy atom. The van der Waals surface area contributed by atoms with Crippen LogP contribution in [0.25, 0.3) is 90.6 Å². The highest BCUT2D eigenvalue weighted by molar-refractivity contribution is 5.96. The molecule has 284 valence electrons. The highest BCUT2D eigenvalue weighted by atomic mass is 15.0. The summed E-state index contributed by atoms with van der Waals surface area (Å²) >= 11 is 0.